The Bertz CT molecular complexity index is 1320. The number of para-hydroxylation sites is 1. The lowest BCUT2D eigenvalue weighted by Crippen LogP contribution is -1.91. The van der Waals surface area contributed by atoms with Gasteiger partial charge in [0.1, 0.15) is 5.52 Å². The van der Waals surface area contributed by atoms with Crippen molar-refractivity contribution < 1.29 is 14.4 Å². The highest BCUT2D eigenvalue weighted by molar-refractivity contribution is 5.88. The summed E-state index contributed by atoms with van der Waals surface area (Å²) in [5, 5.41) is 21.1. The number of aliphatic imine (C=N–C) groups is 1. The van der Waals surface area contributed by atoms with Crippen molar-refractivity contribution in [2.45, 2.75) is 20.8 Å². The topological polar surface area (TPSA) is 102 Å². The van der Waals surface area contributed by atoms with Crippen molar-refractivity contribution in [1.82, 2.24) is 4.98 Å². The van der Waals surface area contributed by atoms with E-state index in [0.29, 0.717) is 11.6 Å². The van der Waals surface area contributed by atoms with Gasteiger partial charge in [-0.1, -0.05) is 18.2 Å². The van der Waals surface area contributed by atoms with Crippen LogP contribution in [0.2, 0.25) is 0 Å². The molecule has 3 aromatic carbocycles. The minimum absolute atomic E-state index is 0.266. The molecule has 0 radical (unpaired) electrons. The molecular formula is C23H19N3O4. The van der Waals surface area contributed by atoms with Gasteiger partial charge in [-0.3, -0.25) is 15.1 Å². The maximum absolute atomic E-state index is 11.0. The number of hydrogen-bond donors (Lipinski definition) is 1. The van der Waals surface area contributed by atoms with E-state index < -0.39 is 10.7 Å². The third-order valence-electron chi connectivity index (χ3n) is 4.86. The largest absolute Gasteiger partial charge is 0.502 e. The lowest BCUT2D eigenvalue weighted by atomic mass is 10.1. The Hall–Kier alpha value is -4.00. The van der Waals surface area contributed by atoms with Gasteiger partial charge in [-0.25, -0.2) is 4.98 Å². The summed E-state index contributed by atoms with van der Waals surface area (Å²) in [7, 11) is 0. The summed E-state index contributed by atoms with van der Waals surface area (Å²) < 4.78 is 5.98. The van der Waals surface area contributed by atoms with Crippen LogP contribution in [0.5, 0.6) is 5.75 Å². The molecule has 0 spiro atoms. The van der Waals surface area contributed by atoms with E-state index in [2.05, 4.69) is 9.98 Å². The van der Waals surface area contributed by atoms with Gasteiger partial charge in [0.2, 0.25) is 11.6 Å². The Labute approximate surface area is 172 Å². The van der Waals surface area contributed by atoms with Crippen molar-refractivity contribution >= 4 is 28.7 Å². The molecule has 4 aromatic rings. The van der Waals surface area contributed by atoms with Gasteiger partial charge < -0.3 is 9.52 Å². The molecule has 0 aliphatic carbocycles. The number of aromatic nitrogens is 1. The summed E-state index contributed by atoms with van der Waals surface area (Å²) in [6.07, 6.45) is 1.41. The number of nitrogens with zero attached hydrogens (tertiary/aromatic N) is 3. The lowest BCUT2D eigenvalue weighted by Gasteiger charge is -2.03. The second-order valence-corrected chi connectivity index (χ2v) is 7.18. The number of aromatic hydroxyl groups is 1. The molecule has 0 saturated heterocycles. The second-order valence-electron chi connectivity index (χ2n) is 7.18. The van der Waals surface area contributed by atoms with Crippen LogP contribution in [0, 0.1) is 30.9 Å². The maximum Gasteiger partial charge on any atom is 0.311 e. The molecular weight excluding hydrogens is 382 g/mol. The van der Waals surface area contributed by atoms with E-state index >= 15 is 0 Å². The Morgan fingerprint density at radius 2 is 1.90 bits per heavy atom. The van der Waals surface area contributed by atoms with Crippen molar-refractivity contribution in [2.24, 2.45) is 4.99 Å². The monoisotopic (exact) mass is 401 g/mol. The molecule has 0 aliphatic rings. The maximum atomic E-state index is 11.0. The molecule has 30 heavy (non-hydrogen) atoms. The van der Waals surface area contributed by atoms with Crippen LogP contribution in [-0.4, -0.2) is 21.2 Å². The van der Waals surface area contributed by atoms with E-state index in [-0.39, 0.29) is 11.3 Å². The van der Waals surface area contributed by atoms with Gasteiger partial charge in [0.05, 0.1) is 10.6 Å². The van der Waals surface area contributed by atoms with Crippen LogP contribution >= 0.6 is 0 Å². The molecule has 0 fully saturated rings. The fourth-order valence-electron chi connectivity index (χ4n) is 3.32. The van der Waals surface area contributed by atoms with E-state index in [1.807, 2.05) is 51.1 Å². The molecule has 150 valence electrons. The van der Waals surface area contributed by atoms with Gasteiger partial charge in [-0.05, 0) is 61.7 Å². The lowest BCUT2D eigenvalue weighted by molar-refractivity contribution is -0.385. The number of nitro groups is 1. The summed E-state index contributed by atoms with van der Waals surface area (Å²) in [5.74, 6) is 0.0817. The summed E-state index contributed by atoms with van der Waals surface area (Å²) in [5.41, 5.74) is 5.92. The second kappa shape index (κ2) is 7.44. The zero-order chi connectivity index (χ0) is 21.4. The van der Waals surface area contributed by atoms with Gasteiger partial charge in [0.25, 0.3) is 0 Å². The average Bonchev–Trinajstić information content (AvgIpc) is 3.12. The van der Waals surface area contributed by atoms with E-state index in [4.69, 9.17) is 4.42 Å². The van der Waals surface area contributed by atoms with Crippen LogP contribution in [0.15, 0.2) is 57.9 Å². The van der Waals surface area contributed by atoms with Crippen LogP contribution < -0.4 is 0 Å². The summed E-state index contributed by atoms with van der Waals surface area (Å²) in [4.78, 5) is 19.4. The predicted molar refractivity (Wildman–Crippen MR) is 116 cm³/mol. The molecule has 0 saturated carbocycles. The number of hydrogen-bond acceptors (Lipinski definition) is 6. The minimum atomic E-state index is -0.629. The van der Waals surface area contributed by atoms with Gasteiger partial charge in [-0.15, -0.1) is 0 Å². The normalized spacial score (nSPS) is 11.4. The zero-order valence-corrected chi connectivity index (χ0v) is 16.7. The molecule has 4 rings (SSSR count). The molecule has 1 aromatic heterocycles. The molecule has 0 amide bonds. The quantitative estimate of drug-likeness (QED) is 0.265. The summed E-state index contributed by atoms with van der Waals surface area (Å²) in [6, 6.07) is 14.0. The highest BCUT2D eigenvalue weighted by Gasteiger charge is 2.15. The minimum Gasteiger partial charge on any atom is -0.502 e. The van der Waals surface area contributed by atoms with Gasteiger partial charge in [-0.2, -0.15) is 0 Å². The van der Waals surface area contributed by atoms with E-state index in [0.717, 1.165) is 33.4 Å². The third kappa shape index (κ3) is 3.53. The van der Waals surface area contributed by atoms with Gasteiger partial charge in [0, 0.05) is 23.4 Å². The van der Waals surface area contributed by atoms with Crippen LogP contribution in [0.25, 0.3) is 22.6 Å². The van der Waals surface area contributed by atoms with E-state index in [1.165, 1.54) is 18.3 Å². The number of nitro benzene ring substituents is 1. The van der Waals surface area contributed by atoms with Gasteiger partial charge in [0.15, 0.2) is 5.58 Å². The smallest absolute Gasteiger partial charge is 0.311 e. The standard InChI is InChI=1S/C23H19N3O4/c1-13-9-15(3)22-19(10-13)25-23(30-22)16-8-7-14(2)18(11-16)24-12-17-5-4-6-20(21(17)27)26(28)29/h4-12,27H,1-3H3. The van der Waals surface area contributed by atoms with Crippen molar-refractivity contribution in [3.05, 3.63) is 80.9 Å². The average molecular weight is 401 g/mol. The predicted octanol–water partition coefficient (Wildman–Crippen LogP) is 5.78. The highest BCUT2D eigenvalue weighted by Crippen LogP contribution is 2.32. The molecule has 7 heteroatoms. The Morgan fingerprint density at radius 1 is 1.10 bits per heavy atom. The molecule has 0 atom stereocenters. The Balaban J connectivity index is 1.73. The number of benzene rings is 3. The molecule has 7 nitrogen and oxygen atoms in total. The first-order chi connectivity index (χ1) is 14.3. The Kier molecular flexibility index (Phi) is 4.79. The zero-order valence-electron chi connectivity index (χ0n) is 16.7. The first-order valence-corrected chi connectivity index (χ1v) is 9.33. The first-order valence-electron chi connectivity index (χ1n) is 9.33. The molecule has 0 bridgehead atoms. The first kappa shape index (κ1) is 19.3. The summed E-state index contributed by atoms with van der Waals surface area (Å²) >= 11 is 0. The highest BCUT2D eigenvalue weighted by atomic mass is 16.6. The number of aryl methyl sites for hydroxylation is 3. The number of phenolic OH excluding ortho intramolecular Hbond substituents is 1. The third-order valence-corrected chi connectivity index (χ3v) is 4.86. The number of oxazole rings is 1. The van der Waals surface area contributed by atoms with E-state index in [9.17, 15) is 15.2 Å². The van der Waals surface area contributed by atoms with Crippen LogP contribution in [0.1, 0.15) is 22.3 Å². The fraction of sp³-hybridized carbons (Fsp3) is 0.130. The van der Waals surface area contributed by atoms with Crippen molar-refractivity contribution in [3.63, 3.8) is 0 Å². The van der Waals surface area contributed by atoms with Crippen LogP contribution in [0.4, 0.5) is 11.4 Å². The Morgan fingerprint density at radius 3 is 2.67 bits per heavy atom. The SMILES string of the molecule is Cc1cc(C)c2oc(-c3ccc(C)c(N=Cc4cccc([N+](=O)[O-])c4O)c3)nc2c1. The van der Waals surface area contributed by atoms with Crippen molar-refractivity contribution in [2.75, 3.05) is 0 Å². The van der Waals surface area contributed by atoms with Crippen LogP contribution in [-0.2, 0) is 0 Å². The van der Waals surface area contributed by atoms with Crippen molar-refractivity contribution in [1.29, 1.82) is 0 Å². The molecule has 1 N–H and O–H groups in total. The number of rotatable bonds is 4. The van der Waals surface area contributed by atoms with E-state index in [1.54, 1.807) is 6.07 Å². The number of phenols is 1. The number of fused-ring (bicyclic) bond motifs is 1. The van der Waals surface area contributed by atoms with Crippen LogP contribution in [0.3, 0.4) is 0 Å². The fourth-order valence-corrected chi connectivity index (χ4v) is 3.32. The summed E-state index contributed by atoms with van der Waals surface area (Å²) in [6.45, 7) is 5.91. The van der Waals surface area contributed by atoms with Gasteiger partial charge >= 0.3 is 5.69 Å². The van der Waals surface area contributed by atoms with Crippen molar-refractivity contribution in [3.8, 4) is 17.2 Å². The molecule has 0 unspecified atom stereocenters. The molecule has 1 heterocycles. The molecule has 0 aliphatic heterocycles.